The molecule has 0 spiro atoms. The van der Waals surface area contributed by atoms with Crippen molar-refractivity contribution in [2.45, 2.75) is 45.7 Å². The number of anilines is 1. The summed E-state index contributed by atoms with van der Waals surface area (Å²) in [4.78, 5) is 50.5. The first-order valence-electron chi connectivity index (χ1n) is 11.1. The van der Waals surface area contributed by atoms with Gasteiger partial charge in [-0.05, 0) is 18.6 Å². The fourth-order valence-corrected chi connectivity index (χ4v) is 3.90. The number of carbonyl (C=O) groups excluding carboxylic acids is 3. The van der Waals surface area contributed by atoms with Gasteiger partial charge in [0.25, 0.3) is 17.5 Å². The third-order valence-corrected chi connectivity index (χ3v) is 5.86. The highest BCUT2D eigenvalue weighted by molar-refractivity contribution is 6.24. The molecule has 1 unspecified atom stereocenters. The molecule has 1 aromatic heterocycles. The summed E-state index contributed by atoms with van der Waals surface area (Å²) >= 11 is 0. The lowest BCUT2D eigenvalue weighted by Gasteiger charge is -2.21. The molecular formula is C25H25N5O5. The fourth-order valence-electron chi connectivity index (χ4n) is 3.90. The maximum absolute atomic E-state index is 13.2. The van der Waals surface area contributed by atoms with Gasteiger partial charge in [0.1, 0.15) is 17.4 Å². The molecule has 0 fully saturated rings. The molecule has 1 aliphatic heterocycles. The molecule has 180 valence electrons. The number of fused-ring (bicyclic) bond motifs is 1. The van der Waals surface area contributed by atoms with E-state index in [0.717, 1.165) is 22.2 Å². The van der Waals surface area contributed by atoms with Crippen LogP contribution in [0.15, 0.2) is 54.6 Å². The minimum Gasteiger partial charge on any atom is -0.309 e. The van der Waals surface area contributed by atoms with Crippen molar-refractivity contribution >= 4 is 29.2 Å². The number of nitrogens with one attached hydrogen (secondary N) is 1. The zero-order valence-electron chi connectivity index (χ0n) is 19.8. The molecule has 2 aromatic carbocycles. The molecule has 0 radical (unpaired) electrons. The van der Waals surface area contributed by atoms with Crippen molar-refractivity contribution < 1.29 is 19.3 Å². The highest BCUT2D eigenvalue weighted by atomic mass is 16.6. The van der Waals surface area contributed by atoms with Gasteiger partial charge >= 0.3 is 0 Å². The van der Waals surface area contributed by atoms with E-state index in [1.807, 2.05) is 51.1 Å². The highest BCUT2D eigenvalue weighted by Gasteiger charge is 2.45. The van der Waals surface area contributed by atoms with Crippen LogP contribution in [0.5, 0.6) is 0 Å². The maximum Gasteiger partial charge on any atom is 0.282 e. The van der Waals surface area contributed by atoms with Gasteiger partial charge in [0.05, 0.1) is 22.7 Å². The van der Waals surface area contributed by atoms with Crippen LogP contribution in [0.2, 0.25) is 0 Å². The Morgan fingerprint density at radius 3 is 2.40 bits per heavy atom. The first kappa shape index (κ1) is 23.8. The summed E-state index contributed by atoms with van der Waals surface area (Å²) in [6, 6.07) is 14.0. The van der Waals surface area contributed by atoms with E-state index < -0.39 is 34.4 Å². The summed E-state index contributed by atoms with van der Waals surface area (Å²) in [5.74, 6) is -1.81. The Bertz CT molecular complexity index is 1340. The molecule has 0 saturated heterocycles. The predicted octanol–water partition coefficient (Wildman–Crippen LogP) is 3.76. The van der Waals surface area contributed by atoms with Gasteiger partial charge in [-0.25, -0.2) is 4.68 Å². The summed E-state index contributed by atoms with van der Waals surface area (Å²) < 4.78 is 1.66. The van der Waals surface area contributed by atoms with E-state index >= 15 is 0 Å². The Labute approximate surface area is 201 Å². The molecule has 35 heavy (non-hydrogen) atoms. The normalized spacial score (nSPS) is 14.1. The molecule has 0 saturated carbocycles. The molecule has 0 bridgehead atoms. The second kappa shape index (κ2) is 8.79. The van der Waals surface area contributed by atoms with Gasteiger partial charge in [-0.3, -0.25) is 29.4 Å². The van der Waals surface area contributed by atoms with Gasteiger partial charge in [0.2, 0.25) is 5.91 Å². The molecule has 1 atom stereocenters. The summed E-state index contributed by atoms with van der Waals surface area (Å²) in [6.07, 6.45) is 0. The van der Waals surface area contributed by atoms with Crippen molar-refractivity contribution in [1.82, 2.24) is 14.7 Å². The van der Waals surface area contributed by atoms with Crippen LogP contribution in [0.4, 0.5) is 11.5 Å². The van der Waals surface area contributed by atoms with E-state index in [-0.39, 0.29) is 16.5 Å². The van der Waals surface area contributed by atoms with Gasteiger partial charge in [0, 0.05) is 17.5 Å². The number of nitro groups is 1. The second-order valence-corrected chi connectivity index (χ2v) is 9.41. The predicted molar refractivity (Wildman–Crippen MR) is 128 cm³/mol. The highest BCUT2D eigenvalue weighted by Crippen LogP contribution is 2.32. The number of aromatic nitrogens is 2. The number of hydrogen-bond acceptors (Lipinski definition) is 6. The van der Waals surface area contributed by atoms with Crippen LogP contribution in [0, 0.1) is 10.1 Å². The lowest BCUT2D eigenvalue weighted by molar-refractivity contribution is -0.385. The number of imide groups is 1. The van der Waals surface area contributed by atoms with E-state index in [2.05, 4.69) is 10.4 Å². The van der Waals surface area contributed by atoms with Crippen LogP contribution in [-0.4, -0.2) is 43.4 Å². The van der Waals surface area contributed by atoms with Gasteiger partial charge < -0.3 is 5.32 Å². The number of benzene rings is 2. The van der Waals surface area contributed by atoms with E-state index in [4.69, 9.17) is 0 Å². The van der Waals surface area contributed by atoms with Crippen molar-refractivity contribution in [1.29, 1.82) is 0 Å². The largest absolute Gasteiger partial charge is 0.309 e. The molecule has 0 aliphatic carbocycles. The van der Waals surface area contributed by atoms with Crippen LogP contribution in [-0.2, 0) is 16.8 Å². The van der Waals surface area contributed by atoms with Gasteiger partial charge in [0.15, 0.2) is 0 Å². The fraction of sp³-hybridized carbons (Fsp3) is 0.280. The van der Waals surface area contributed by atoms with Gasteiger partial charge in [-0.15, -0.1) is 0 Å². The third-order valence-electron chi connectivity index (χ3n) is 5.86. The van der Waals surface area contributed by atoms with E-state index in [9.17, 15) is 24.5 Å². The first-order chi connectivity index (χ1) is 16.5. The Morgan fingerprint density at radius 1 is 1.09 bits per heavy atom. The average Bonchev–Trinajstić information content (AvgIpc) is 3.32. The van der Waals surface area contributed by atoms with Crippen molar-refractivity contribution in [2.24, 2.45) is 0 Å². The lowest BCUT2D eigenvalue weighted by atomic mass is 9.92. The topological polar surface area (TPSA) is 127 Å². The first-order valence-corrected chi connectivity index (χ1v) is 11.1. The van der Waals surface area contributed by atoms with Crippen molar-refractivity contribution in [3.63, 3.8) is 0 Å². The van der Waals surface area contributed by atoms with Crippen LogP contribution in [0.1, 0.15) is 59.7 Å². The standard InChI is InChI=1S/C25H25N5O5/c1-15(29-23(32)17-11-8-12-18(30(34)35)21(17)24(29)33)22(31)26-20-13-19(25(2,3)4)27-28(20)14-16-9-6-5-7-10-16/h5-13,15H,14H2,1-4H3,(H,26,31). The Kier molecular flexibility index (Phi) is 5.98. The Balaban J connectivity index is 1.62. The van der Waals surface area contributed by atoms with Gasteiger partial charge in [-0.1, -0.05) is 57.2 Å². The number of rotatable bonds is 6. The van der Waals surface area contributed by atoms with Crippen LogP contribution < -0.4 is 5.32 Å². The minimum atomic E-state index is -1.21. The zero-order valence-corrected chi connectivity index (χ0v) is 19.8. The second-order valence-electron chi connectivity index (χ2n) is 9.41. The molecule has 2 heterocycles. The summed E-state index contributed by atoms with van der Waals surface area (Å²) in [5, 5.41) is 18.8. The smallest absolute Gasteiger partial charge is 0.282 e. The van der Waals surface area contributed by atoms with Crippen LogP contribution >= 0.6 is 0 Å². The quantitative estimate of drug-likeness (QED) is 0.328. The number of hydrogen-bond donors (Lipinski definition) is 1. The molecule has 3 aromatic rings. The van der Waals surface area contributed by atoms with E-state index in [1.54, 1.807) is 10.7 Å². The minimum absolute atomic E-state index is 0.0898. The lowest BCUT2D eigenvalue weighted by Crippen LogP contribution is -2.45. The average molecular weight is 476 g/mol. The van der Waals surface area contributed by atoms with Crippen molar-refractivity contribution in [3.05, 3.63) is 87.1 Å². The molecule has 1 N–H and O–H groups in total. The summed E-state index contributed by atoms with van der Waals surface area (Å²) in [6.45, 7) is 7.82. The van der Waals surface area contributed by atoms with Gasteiger partial charge in [-0.2, -0.15) is 5.10 Å². The van der Waals surface area contributed by atoms with Crippen LogP contribution in [0.25, 0.3) is 0 Å². The number of carbonyl (C=O) groups is 3. The van der Waals surface area contributed by atoms with E-state index in [0.29, 0.717) is 12.4 Å². The SMILES string of the molecule is CC(C(=O)Nc1cc(C(C)(C)C)nn1Cc1ccccc1)N1C(=O)c2cccc([N+](=O)[O-])c2C1=O. The monoisotopic (exact) mass is 475 g/mol. The zero-order chi connectivity index (χ0) is 25.5. The van der Waals surface area contributed by atoms with Crippen molar-refractivity contribution in [2.75, 3.05) is 5.32 Å². The number of nitrogens with zero attached hydrogens (tertiary/aromatic N) is 4. The molecule has 10 heteroatoms. The Hall–Kier alpha value is -4.34. The van der Waals surface area contributed by atoms with Crippen molar-refractivity contribution in [3.8, 4) is 0 Å². The Morgan fingerprint density at radius 2 is 1.77 bits per heavy atom. The molecule has 3 amide bonds. The molecule has 4 rings (SSSR count). The van der Waals surface area contributed by atoms with Crippen LogP contribution in [0.3, 0.4) is 0 Å². The maximum atomic E-state index is 13.2. The third kappa shape index (κ3) is 4.42. The summed E-state index contributed by atoms with van der Waals surface area (Å²) in [7, 11) is 0. The number of amides is 3. The summed E-state index contributed by atoms with van der Waals surface area (Å²) in [5.41, 5.74) is 0.597. The van der Waals surface area contributed by atoms with E-state index in [1.165, 1.54) is 19.1 Å². The molecular weight excluding hydrogens is 450 g/mol. The molecule has 10 nitrogen and oxygen atoms in total. The number of nitro benzene ring substituents is 1. The molecule has 1 aliphatic rings.